The largest absolute Gasteiger partial charge is 0.489 e. The summed E-state index contributed by atoms with van der Waals surface area (Å²) in [5, 5.41) is 4.77. The Hall–Kier alpha value is -2.00. The molecule has 0 aliphatic carbocycles. The molecule has 0 aliphatic rings. The zero-order chi connectivity index (χ0) is 18.4. The van der Waals surface area contributed by atoms with Crippen LogP contribution in [-0.4, -0.2) is 0 Å². The molecule has 0 aliphatic heterocycles. The molecule has 0 radical (unpaired) electrons. The Morgan fingerprint density at radius 2 is 1.50 bits per heavy atom. The van der Waals surface area contributed by atoms with E-state index in [9.17, 15) is 0 Å². The normalized spacial score (nSPS) is 12.0. The molecular weight excluding hydrogens is 365 g/mol. The quantitative estimate of drug-likeness (QED) is 0.506. The molecule has 134 valence electrons. The van der Waals surface area contributed by atoms with Gasteiger partial charge in [-0.05, 0) is 42.3 Å². The van der Waals surface area contributed by atoms with E-state index in [1.807, 2.05) is 36.4 Å². The summed E-state index contributed by atoms with van der Waals surface area (Å²) in [7, 11) is 0. The summed E-state index contributed by atoms with van der Waals surface area (Å²) in [6.45, 7) is 3.31. The number of halogens is 2. The van der Waals surface area contributed by atoms with E-state index in [1.54, 1.807) is 0 Å². The molecular formula is C22H21Cl2NO. The van der Waals surface area contributed by atoms with E-state index >= 15 is 0 Å². The van der Waals surface area contributed by atoms with Gasteiger partial charge in [0.1, 0.15) is 12.4 Å². The van der Waals surface area contributed by atoms with Crippen LogP contribution in [0.1, 0.15) is 29.7 Å². The number of nitrogens with one attached hydrogen (secondary N) is 1. The van der Waals surface area contributed by atoms with Crippen molar-refractivity contribution in [3.8, 4) is 5.75 Å². The molecule has 1 N–H and O–H groups in total. The van der Waals surface area contributed by atoms with Crippen LogP contribution in [0.15, 0.2) is 72.8 Å². The van der Waals surface area contributed by atoms with Crippen LogP contribution in [0.25, 0.3) is 0 Å². The van der Waals surface area contributed by atoms with Crippen molar-refractivity contribution in [1.82, 2.24) is 5.32 Å². The summed E-state index contributed by atoms with van der Waals surface area (Å²) in [6.07, 6.45) is 0. The first-order valence-electron chi connectivity index (χ1n) is 8.56. The topological polar surface area (TPSA) is 21.3 Å². The second-order valence-corrected chi connectivity index (χ2v) is 6.96. The molecule has 0 saturated heterocycles. The minimum absolute atomic E-state index is 0.300. The maximum absolute atomic E-state index is 6.17. The van der Waals surface area contributed by atoms with Crippen LogP contribution in [0.3, 0.4) is 0 Å². The van der Waals surface area contributed by atoms with Gasteiger partial charge < -0.3 is 10.1 Å². The van der Waals surface area contributed by atoms with Crippen molar-refractivity contribution in [2.75, 3.05) is 0 Å². The van der Waals surface area contributed by atoms with Gasteiger partial charge in [-0.1, -0.05) is 71.7 Å². The molecule has 3 aromatic carbocycles. The fourth-order valence-corrected chi connectivity index (χ4v) is 3.17. The Labute approximate surface area is 164 Å². The molecule has 4 heteroatoms. The van der Waals surface area contributed by atoms with Crippen LogP contribution in [0.4, 0.5) is 0 Å². The predicted molar refractivity (Wildman–Crippen MR) is 109 cm³/mol. The van der Waals surface area contributed by atoms with Crippen LogP contribution >= 0.6 is 23.2 Å². The molecule has 0 spiro atoms. The standard InChI is InChI=1S/C22H21Cl2NO/c1-16(18-6-3-2-4-7-18)25-14-17-10-12-19(13-11-17)26-15-20-21(23)8-5-9-22(20)24/h2-13,16,25H,14-15H2,1H3/t16-/m1/s1. The van der Waals surface area contributed by atoms with E-state index in [4.69, 9.17) is 27.9 Å². The molecule has 26 heavy (non-hydrogen) atoms. The molecule has 2 nitrogen and oxygen atoms in total. The summed E-state index contributed by atoms with van der Waals surface area (Å²) in [5.74, 6) is 0.792. The molecule has 0 heterocycles. The molecule has 0 unspecified atom stereocenters. The second-order valence-electron chi connectivity index (χ2n) is 6.15. The second kappa shape index (κ2) is 9.09. The minimum atomic E-state index is 0.300. The van der Waals surface area contributed by atoms with Gasteiger partial charge in [0.15, 0.2) is 0 Å². The highest BCUT2D eigenvalue weighted by Gasteiger charge is 2.07. The van der Waals surface area contributed by atoms with Crippen LogP contribution in [-0.2, 0) is 13.2 Å². The molecule has 0 saturated carbocycles. The number of hydrogen-bond acceptors (Lipinski definition) is 2. The Balaban J connectivity index is 1.54. The first-order valence-corrected chi connectivity index (χ1v) is 9.32. The highest BCUT2D eigenvalue weighted by atomic mass is 35.5. The summed E-state index contributed by atoms with van der Waals surface area (Å²) in [5.41, 5.74) is 3.29. The highest BCUT2D eigenvalue weighted by Crippen LogP contribution is 2.26. The maximum Gasteiger partial charge on any atom is 0.119 e. The summed E-state index contributed by atoms with van der Waals surface area (Å²) in [4.78, 5) is 0. The molecule has 0 amide bonds. The third-order valence-electron chi connectivity index (χ3n) is 4.28. The van der Waals surface area contributed by atoms with Crippen molar-refractivity contribution >= 4 is 23.2 Å². The lowest BCUT2D eigenvalue weighted by Crippen LogP contribution is -2.17. The average Bonchev–Trinajstić information content (AvgIpc) is 2.67. The first-order chi connectivity index (χ1) is 12.6. The Kier molecular flexibility index (Phi) is 6.56. The van der Waals surface area contributed by atoms with Crippen molar-refractivity contribution in [2.45, 2.75) is 26.1 Å². The van der Waals surface area contributed by atoms with E-state index in [0.29, 0.717) is 22.7 Å². The van der Waals surface area contributed by atoms with E-state index in [0.717, 1.165) is 17.9 Å². The van der Waals surface area contributed by atoms with Crippen molar-refractivity contribution in [2.24, 2.45) is 0 Å². The van der Waals surface area contributed by atoms with Crippen molar-refractivity contribution in [3.05, 3.63) is 99.5 Å². The predicted octanol–water partition coefficient (Wildman–Crippen LogP) is 6.42. The highest BCUT2D eigenvalue weighted by molar-refractivity contribution is 6.35. The van der Waals surface area contributed by atoms with Gasteiger partial charge in [0.25, 0.3) is 0 Å². The van der Waals surface area contributed by atoms with Gasteiger partial charge >= 0.3 is 0 Å². The zero-order valence-corrected chi connectivity index (χ0v) is 16.1. The van der Waals surface area contributed by atoms with Gasteiger partial charge in [0.05, 0.1) is 0 Å². The van der Waals surface area contributed by atoms with E-state index in [2.05, 4.69) is 48.6 Å². The van der Waals surface area contributed by atoms with Crippen LogP contribution in [0.5, 0.6) is 5.75 Å². The van der Waals surface area contributed by atoms with Gasteiger partial charge in [-0.15, -0.1) is 0 Å². The molecule has 0 aromatic heterocycles. The monoisotopic (exact) mass is 385 g/mol. The maximum atomic E-state index is 6.17. The summed E-state index contributed by atoms with van der Waals surface area (Å²) in [6, 6.07) is 24.2. The van der Waals surface area contributed by atoms with E-state index in [1.165, 1.54) is 11.1 Å². The van der Waals surface area contributed by atoms with Crippen LogP contribution < -0.4 is 10.1 Å². The van der Waals surface area contributed by atoms with Crippen molar-refractivity contribution < 1.29 is 4.74 Å². The van der Waals surface area contributed by atoms with Gasteiger partial charge in [0, 0.05) is 28.2 Å². The molecule has 3 aromatic rings. The van der Waals surface area contributed by atoms with E-state index < -0.39 is 0 Å². The molecule has 3 rings (SSSR count). The molecule has 0 fully saturated rings. The summed E-state index contributed by atoms with van der Waals surface area (Å²) < 4.78 is 5.81. The fourth-order valence-electron chi connectivity index (χ4n) is 2.66. The third-order valence-corrected chi connectivity index (χ3v) is 4.99. The van der Waals surface area contributed by atoms with Crippen LogP contribution in [0.2, 0.25) is 10.0 Å². The number of ether oxygens (including phenoxy) is 1. The van der Waals surface area contributed by atoms with Crippen LogP contribution in [0, 0.1) is 0 Å². The van der Waals surface area contributed by atoms with Crippen molar-refractivity contribution in [1.29, 1.82) is 0 Å². The number of hydrogen-bond donors (Lipinski definition) is 1. The zero-order valence-electron chi connectivity index (χ0n) is 14.6. The SMILES string of the molecule is C[C@@H](NCc1ccc(OCc2c(Cl)cccc2Cl)cc1)c1ccccc1. The summed E-state index contributed by atoms with van der Waals surface area (Å²) >= 11 is 12.3. The molecule has 1 atom stereocenters. The third kappa shape index (κ3) is 5.01. The smallest absolute Gasteiger partial charge is 0.119 e. The average molecular weight is 386 g/mol. The lowest BCUT2D eigenvalue weighted by atomic mass is 10.1. The van der Waals surface area contributed by atoms with E-state index in [-0.39, 0.29) is 0 Å². The lowest BCUT2D eigenvalue weighted by Gasteiger charge is -2.14. The number of benzene rings is 3. The van der Waals surface area contributed by atoms with Gasteiger partial charge in [-0.2, -0.15) is 0 Å². The fraction of sp³-hybridized carbons (Fsp3) is 0.182. The number of rotatable bonds is 7. The molecule has 0 bridgehead atoms. The minimum Gasteiger partial charge on any atom is -0.489 e. The first kappa shape index (κ1) is 18.8. The van der Waals surface area contributed by atoms with Gasteiger partial charge in [-0.3, -0.25) is 0 Å². The van der Waals surface area contributed by atoms with Crippen molar-refractivity contribution in [3.63, 3.8) is 0 Å². The van der Waals surface area contributed by atoms with Gasteiger partial charge in [-0.25, -0.2) is 0 Å². The Morgan fingerprint density at radius 1 is 0.846 bits per heavy atom. The Bertz CT molecular complexity index is 814. The van der Waals surface area contributed by atoms with Gasteiger partial charge in [0.2, 0.25) is 0 Å². The lowest BCUT2D eigenvalue weighted by molar-refractivity contribution is 0.306. The Morgan fingerprint density at radius 3 is 2.15 bits per heavy atom.